The first kappa shape index (κ1) is 19.6. The molecule has 2 heterocycles. The van der Waals surface area contributed by atoms with Crippen LogP contribution in [0, 0.1) is 0 Å². The van der Waals surface area contributed by atoms with Crippen molar-refractivity contribution in [2.45, 2.75) is 19.3 Å². The molecule has 10 nitrogen and oxygen atoms in total. The molecular formula is C16H17BN4O6S. The van der Waals surface area contributed by atoms with Crippen molar-refractivity contribution in [2.75, 3.05) is 12.3 Å². The third-order valence-electron chi connectivity index (χ3n) is 3.93. The Hall–Kier alpha value is -3.12. The van der Waals surface area contributed by atoms with Crippen molar-refractivity contribution in [2.24, 2.45) is 5.16 Å². The maximum Gasteiger partial charge on any atom is 0.547 e. The molecule has 1 amide bonds. The number of oxime groups is 1. The SMILES string of the molecule is CCO/N=C(\C(=O)N[C@H]1Cc2cccc(C(=O)O)c2OB1O)c1csc(N)n1. The van der Waals surface area contributed by atoms with Crippen molar-refractivity contribution < 1.29 is 29.2 Å². The number of amides is 1. The number of rotatable bonds is 6. The number of benzene rings is 1. The van der Waals surface area contributed by atoms with Gasteiger partial charge in [0, 0.05) is 5.38 Å². The van der Waals surface area contributed by atoms with E-state index in [9.17, 15) is 19.7 Å². The molecule has 28 heavy (non-hydrogen) atoms. The van der Waals surface area contributed by atoms with Crippen molar-refractivity contribution in [1.29, 1.82) is 0 Å². The highest BCUT2D eigenvalue weighted by atomic mass is 32.1. The van der Waals surface area contributed by atoms with Gasteiger partial charge in [-0.15, -0.1) is 11.3 Å². The zero-order chi connectivity index (χ0) is 20.3. The molecule has 0 saturated heterocycles. The van der Waals surface area contributed by atoms with Crippen LogP contribution in [-0.2, 0) is 16.1 Å². The summed E-state index contributed by atoms with van der Waals surface area (Å²) in [5.74, 6) is -2.54. The molecule has 3 rings (SSSR count). The number of aromatic carboxylic acids is 1. The summed E-state index contributed by atoms with van der Waals surface area (Å²) in [5.41, 5.74) is 6.26. The monoisotopic (exact) mass is 404 g/mol. The molecule has 146 valence electrons. The molecule has 0 aliphatic carbocycles. The molecular weight excluding hydrogens is 387 g/mol. The molecule has 1 aliphatic heterocycles. The Labute approximate surface area is 164 Å². The lowest BCUT2D eigenvalue weighted by Gasteiger charge is -2.28. The predicted octanol–water partition coefficient (Wildman–Crippen LogP) is 0.304. The number of nitrogen functional groups attached to an aromatic ring is 1. The lowest BCUT2D eigenvalue weighted by atomic mass is 9.72. The van der Waals surface area contributed by atoms with Gasteiger partial charge in [0.1, 0.15) is 18.1 Å². The number of para-hydroxylation sites is 1. The van der Waals surface area contributed by atoms with Crippen molar-refractivity contribution in [3.05, 3.63) is 40.4 Å². The van der Waals surface area contributed by atoms with Gasteiger partial charge < -0.3 is 30.7 Å². The molecule has 0 saturated carbocycles. The normalized spacial score (nSPS) is 16.1. The standard InChI is InChI=1S/C16H17BN4O6S/c1-2-26-21-12(10-7-28-16(18)19-10)14(22)20-11-6-8-4-3-5-9(15(23)24)13(8)27-17(11)25/h3-5,7,11,25H,2,6H2,1H3,(H2,18,19)(H,20,22)(H,23,24)/b21-12-/t11-/m0/s1. The van der Waals surface area contributed by atoms with Gasteiger partial charge in [-0.25, -0.2) is 9.78 Å². The smallest absolute Gasteiger partial charge is 0.534 e. The average Bonchev–Trinajstić information content (AvgIpc) is 3.08. The number of anilines is 1. The number of fused-ring (bicyclic) bond motifs is 1. The lowest BCUT2D eigenvalue weighted by Crippen LogP contribution is -2.54. The van der Waals surface area contributed by atoms with Gasteiger partial charge in [-0.1, -0.05) is 17.3 Å². The molecule has 2 aromatic rings. The summed E-state index contributed by atoms with van der Waals surface area (Å²) in [5, 5.41) is 27.8. The van der Waals surface area contributed by atoms with Crippen LogP contribution in [-0.4, -0.2) is 52.4 Å². The van der Waals surface area contributed by atoms with Gasteiger partial charge in [-0.05, 0) is 25.0 Å². The first-order chi connectivity index (χ1) is 13.4. The van der Waals surface area contributed by atoms with E-state index < -0.39 is 24.9 Å². The molecule has 1 atom stereocenters. The molecule has 12 heteroatoms. The van der Waals surface area contributed by atoms with Gasteiger partial charge in [0.25, 0.3) is 5.91 Å². The van der Waals surface area contributed by atoms with Crippen molar-refractivity contribution in [1.82, 2.24) is 10.3 Å². The van der Waals surface area contributed by atoms with E-state index in [0.29, 0.717) is 5.56 Å². The van der Waals surface area contributed by atoms with Gasteiger partial charge in [0.05, 0.1) is 11.5 Å². The fraction of sp³-hybridized carbons (Fsp3) is 0.250. The number of carboxylic acid groups (broad SMARTS) is 1. The second kappa shape index (κ2) is 8.27. The molecule has 0 unspecified atom stereocenters. The maximum atomic E-state index is 12.7. The van der Waals surface area contributed by atoms with E-state index in [-0.39, 0.29) is 40.9 Å². The van der Waals surface area contributed by atoms with Crippen LogP contribution in [0.15, 0.2) is 28.7 Å². The average molecular weight is 404 g/mol. The summed E-state index contributed by atoms with van der Waals surface area (Å²) in [4.78, 5) is 33.0. The van der Waals surface area contributed by atoms with Crippen molar-refractivity contribution >= 4 is 41.2 Å². The summed E-state index contributed by atoms with van der Waals surface area (Å²) >= 11 is 1.15. The Balaban J connectivity index is 1.81. The third kappa shape index (κ3) is 4.07. The van der Waals surface area contributed by atoms with Gasteiger partial charge in [-0.3, -0.25) is 4.79 Å². The Morgan fingerprint density at radius 1 is 1.54 bits per heavy atom. The fourth-order valence-electron chi connectivity index (χ4n) is 2.68. The number of hydrogen-bond acceptors (Lipinski definition) is 9. The van der Waals surface area contributed by atoms with Crippen LogP contribution in [0.3, 0.4) is 0 Å². The number of hydrogen-bond donors (Lipinski definition) is 4. The second-order valence-electron chi connectivity index (χ2n) is 5.82. The number of nitrogens with one attached hydrogen (secondary N) is 1. The van der Waals surface area contributed by atoms with Crippen LogP contribution in [0.4, 0.5) is 5.13 Å². The molecule has 0 spiro atoms. The molecule has 0 radical (unpaired) electrons. The zero-order valence-corrected chi connectivity index (χ0v) is 15.6. The Morgan fingerprint density at radius 3 is 2.96 bits per heavy atom. The van der Waals surface area contributed by atoms with Crippen molar-refractivity contribution in [3.8, 4) is 5.75 Å². The Kier molecular flexibility index (Phi) is 5.80. The predicted molar refractivity (Wildman–Crippen MR) is 102 cm³/mol. The highest BCUT2D eigenvalue weighted by Gasteiger charge is 2.38. The maximum absolute atomic E-state index is 12.7. The summed E-state index contributed by atoms with van der Waals surface area (Å²) in [6, 6.07) is 4.62. The molecule has 0 bridgehead atoms. The van der Waals surface area contributed by atoms with Gasteiger partial charge in [0.2, 0.25) is 0 Å². The third-order valence-corrected chi connectivity index (χ3v) is 4.60. The van der Waals surface area contributed by atoms with Crippen molar-refractivity contribution in [3.63, 3.8) is 0 Å². The summed E-state index contributed by atoms with van der Waals surface area (Å²) in [6.07, 6.45) is 0.171. The fourth-order valence-corrected chi connectivity index (χ4v) is 3.23. The van der Waals surface area contributed by atoms with E-state index in [0.717, 1.165) is 11.3 Å². The molecule has 1 aromatic carbocycles. The number of carbonyl (C=O) groups is 2. The van der Waals surface area contributed by atoms with Gasteiger partial charge in [-0.2, -0.15) is 0 Å². The highest BCUT2D eigenvalue weighted by Crippen LogP contribution is 2.30. The van der Waals surface area contributed by atoms with E-state index in [1.807, 2.05) is 0 Å². The highest BCUT2D eigenvalue weighted by molar-refractivity contribution is 7.13. The summed E-state index contributed by atoms with van der Waals surface area (Å²) in [6.45, 7) is 1.96. The minimum absolute atomic E-state index is 0.0575. The molecule has 1 aromatic heterocycles. The molecule has 5 N–H and O–H groups in total. The second-order valence-corrected chi connectivity index (χ2v) is 6.71. The number of thiazole rings is 1. The molecule has 1 aliphatic rings. The van der Waals surface area contributed by atoms with Crippen LogP contribution < -0.4 is 15.7 Å². The number of carbonyl (C=O) groups excluding carboxylic acids is 1. The minimum Gasteiger partial charge on any atom is -0.534 e. The minimum atomic E-state index is -1.44. The van der Waals surface area contributed by atoms with Crippen LogP contribution in [0.1, 0.15) is 28.5 Å². The first-order valence-corrected chi connectivity index (χ1v) is 9.20. The quantitative estimate of drug-likeness (QED) is 0.304. The van der Waals surface area contributed by atoms with Crippen LogP contribution in [0.2, 0.25) is 0 Å². The zero-order valence-electron chi connectivity index (χ0n) is 14.8. The summed E-state index contributed by atoms with van der Waals surface area (Å²) < 4.78 is 5.36. The number of aromatic nitrogens is 1. The number of nitrogens with zero attached hydrogens (tertiary/aromatic N) is 2. The molecule has 0 fully saturated rings. The summed E-state index contributed by atoms with van der Waals surface area (Å²) in [7, 11) is -1.44. The van der Waals surface area contributed by atoms with Crippen LogP contribution in [0.5, 0.6) is 5.75 Å². The van der Waals surface area contributed by atoms with E-state index in [2.05, 4.69) is 15.5 Å². The van der Waals surface area contributed by atoms with Crippen LogP contribution in [0.25, 0.3) is 0 Å². The van der Waals surface area contributed by atoms with E-state index in [1.165, 1.54) is 6.07 Å². The van der Waals surface area contributed by atoms with E-state index in [4.69, 9.17) is 15.2 Å². The van der Waals surface area contributed by atoms with Gasteiger partial charge >= 0.3 is 13.1 Å². The van der Waals surface area contributed by atoms with E-state index >= 15 is 0 Å². The Morgan fingerprint density at radius 2 is 2.32 bits per heavy atom. The largest absolute Gasteiger partial charge is 0.547 e. The van der Waals surface area contributed by atoms with Gasteiger partial charge in [0.15, 0.2) is 10.8 Å². The van der Waals surface area contributed by atoms with Crippen LogP contribution >= 0.6 is 11.3 Å². The lowest BCUT2D eigenvalue weighted by molar-refractivity contribution is -0.115. The topological polar surface area (TPSA) is 156 Å². The first-order valence-electron chi connectivity index (χ1n) is 8.32. The number of carboxylic acids is 1. The number of nitrogens with two attached hydrogens (primary N) is 1. The van der Waals surface area contributed by atoms with E-state index in [1.54, 1.807) is 24.4 Å². The Bertz CT molecular complexity index is 934.